The molecule has 1 aliphatic heterocycles. The molecule has 1 fully saturated rings. The molecule has 0 radical (unpaired) electrons. The SMILES string of the molecule is Cc1coc2cc3oc(=O)c(CC(=O)N4CCN(c5ccccn5)CC4)c(C)c3cc12. The highest BCUT2D eigenvalue weighted by molar-refractivity contribution is 5.96. The van der Waals surface area contributed by atoms with Crippen molar-refractivity contribution in [3.8, 4) is 0 Å². The molecule has 4 heterocycles. The minimum absolute atomic E-state index is 0.0378. The molecule has 0 unspecified atom stereocenters. The fourth-order valence-electron chi connectivity index (χ4n) is 4.23. The van der Waals surface area contributed by atoms with Crippen LogP contribution in [0.3, 0.4) is 0 Å². The second kappa shape index (κ2) is 7.58. The highest BCUT2D eigenvalue weighted by atomic mass is 16.4. The third kappa shape index (κ3) is 3.46. The van der Waals surface area contributed by atoms with Gasteiger partial charge in [0.2, 0.25) is 5.91 Å². The lowest BCUT2D eigenvalue weighted by Crippen LogP contribution is -2.49. The molecule has 5 rings (SSSR count). The Morgan fingerprint density at radius 3 is 2.61 bits per heavy atom. The van der Waals surface area contributed by atoms with Gasteiger partial charge in [0.1, 0.15) is 17.0 Å². The van der Waals surface area contributed by atoms with Crippen LogP contribution in [0, 0.1) is 13.8 Å². The van der Waals surface area contributed by atoms with Crippen LogP contribution in [-0.2, 0) is 11.2 Å². The molecular weight excluding hydrogens is 394 g/mol. The van der Waals surface area contributed by atoms with E-state index in [4.69, 9.17) is 8.83 Å². The van der Waals surface area contributed by atoms with Crippen molar-refractivity contribution in [1.29, 1.82) is 0 Å². The molecule has 0 spiro atoms. The van der Waals surface area contributed by atoms with Gasteiger partial charge in [-0.3, -0.25) is 4.79 Å². The lowest BCUT2D eigenvalue weighted by atomic mass is 10.0. The summed E-state index contributed by atoms with van der Waals surface area (Å²) in [5, 5.41) is 1.81. The predicted octanol–water partition coefficient (Wildman–Crippen LogP) is 3.44. The first-order chi connectivity index (χ1) is 15.0. The van der Waals surface area contributed by atoms with E-state index in [0.717, 1.165) is 27.7 Å². The summed E-state index contributed by atoms with van der Waals surface area (Å²) >= 11 is 0. The lowest BCUT2D eigenvalue weighted by Gasteiger charge is -2.35. The quantitative estimate of drug-likeness (QED) is 0.475. The van der Waals surface area contributed by atoms with E-state index in [-0.39, 0.29) is 12.3 Å². The smallest absolute Gasteiger partial charge is 0.340 e. The van der Waals surface area contributed by atoms with Crippen molar-refractivity contribution < 1.29 is 13.6 Å². The zero-order chi connectivity index (χ0) is 21.5. The average molecular weight is 417 g/mol. The van der Waals surface area contributed by atoms with Crippen LogP contribution in [0.4, 0.5) is 5.82 Å². The number of hydrogen-bond donors (Lipinski definition) is 0. The summed E-state index contributed by atoms with van der Waals surface area (Å²) in [7, 11) is 0. The number of anilines is 1. The molecule has 0 atom stereocenters. The van der Waals surface area contributed by atoms with Gasteiger partial charge in [-0.1, -0.05) is 6.07 Å². The number of fused-ring (bicyclic) bond motifs is 2. The number of nitrogens with zero attached hydrogens (tertiary/aromatic N) is 3. The van der Waals surface area contributed by atoms with E-state index < -0.39 is 5.63 Å². The minimum Gasteiger partial charge on any atom is -0.464 e. The third-order valence-electron chi connectivity index (χ3n) is 6.11. The summed E-state index contributed by atoms with van der Waals surface area (Å²) in [6, 6.07) is 9.54. The Hall–Kier alpha value is -3.61. The summed E-state index contributed by atoms with van der Waals surface area (Å²) < 4.78 is 11.1. The molecule has 1 aromatic carbocycles. The van der Waals surface area contributed by atoms with Gasteiger partial charge < -0.3 is 18.6 Å². The van der Waals surface area contributed by atoms with Gasteiger partial charge in [-0.15, -0.1) is 0 Å². The molecule has 0 bridgehead atoms. The molecule has 158 valence electrons. The third-order valence-corrected chi connectivity index (χ3v) is 6.11. The Labute approximate surface area is 178 Å². The van der Waals surface area contributed by atoms with Gasteiger partial charge in [0.15, 0.2) is 0 Å². The predicted molar refractivity (Wildman–Crippen MR) is 118 cm³/mol. The number of amides is 1. The van der Waals surface area contributed by atoms with Gasteiger partial charge in [0.25, 0.3) is 0 Å². The van der Waals surface area contributed by atoms with E-state index in [0.29, 0.717) is 42.9 Å². The van der Waals surface area contributed by atoms with Crippen molar-refractivity contribution in [2.75, 3.05) is 31.1 Å². The van der Waals surface area contributed by atoms with E-state index in [2.05, 4.69) is 9.88 Å². The zero-order valence-corrected chi connectivity index (χ0v) is 17.6. The molecule has 0 N–H and O–H groups in total. The monoisotopic (exact) mass is 417 g/mol. The minimum atomic E-state index is -0.465. The summed E-state index contributed by atoms with van der Waals surface area (Å²) in [4.78, 5) is 34.0. The zero-order valence-electron chi connectivity index (χ0n) is 17.6. The Balaban J connectivity index is 1.37. The molecule has 1 saturated heterocycles. The maximum Gasteiger partial charge on any atom is 0.340 e. The van der Waals surface area contributed by atoms with Gasteiger partial charge in [-0.25, -0.2) is 9.78 Å². The van der Waals surface area contributed by atoms with Gasteiger partial charge in [0, 0.05) is 49.2 Å². The van der Waals surface area contributed by atoms with Crippen LogP contribution in [0.25, 0.3) is 21.9 Å². The van der Waals surface area contributed by atoms with E-state index >= 15 is 0 Å². The maximum absolute atomic E-state index is 13.0. The number of carbonyl (C=O) groups excluding carboxylic acids is 1. The molecule has 4 aromatic rings. The van der Waals surface area contributed by atoms with Gasteiger partial charge in [-0.05, 0) is 43.2 Å². The van der Waals surface area contributed by atoms with Crippen LogP contribution in [0.1, 0.15) is 16.7 Å². The fourth-order valence-corrected chi connectivity index (χ4v) is 4.23. The van der Waals surface area contributed by atoms with Crippen molar-refractivity contribution in [2.45, 2.75) is 20.3 Å². The highest BCUT2D eigenvalue weighted by Crippen LogP contribution is 2.29. The molecular formula is C24H23N3O4. The summed E-state index contributed by atoms with van der Waals surface area (Å²) in [5.41, 5.74) is 2.92. The van der Waals surface area contributed by atoms with E-state index in [1.807, 2.05) is 43.0 Å². The Kier molecular flexibility index (Phi) is 4.73. The van der Waals surface area contributed by atoms with Crippen LogP contribution in [0.2, 0.25) is 0 Å². The number of aromatic nitrogens is 1. The van der Waals surface area contributed by atoms with Gasteiger partial charge in [0.05, 0.1) is 18.2 Å². The first kappa shape index (κ1) is 19.4. The molecule has 7 heteroatoms. The largest absolute Gasteiger partial charge is 0.464 e. The van der Waals surface area contributed by atoms with Crippen LogP contribution in [0.15, 0.2) is 56.4 Å². The van der Waals surface area contributed by atoms with E-state index in [1.165, 1.54) is 0 Å². The van der Waals surface area contributed by atoms with Crippen LogP contribution in [-0.4, -0.2) is 42.0 Å². The normalized spacial score (nSPS) is 14.5. The number of aryl methyl sites for hydroxylation is 2. The maximum atomic E-state index is 13.0. The second-order valence-electron chi connectivity index (χ2n) is 7.99. The molecule has 0 saturated carbocycles. The van der Waals surface area contributed by atoms with Crippen molar-refractivity contribution >= 4 is 33.7 Å². The molecule has 31 heavy (non-hydrogen) atoms. The van der Waals surface area contributed by atoms with Crippen LogP contribution >= 0.6 is 0 Å². The van der Waals surface area contributed by atoms with E-state index in [1.54, 1.807) is 18.5 Å². The molecule has 3 aromatic heterocycles. The number of furan rings is 1. The average Bonchev–Trinajstić information content (AvgIpc) is 3.16. The summed E-state index contributed by atoms with van der Waals surface area (Å²) in [5.74, 6) is 0.859. The van der Waals surface area contributed by atoms with Crippen molar-refractivity contribution in [3.05, 3.63) is 69.9 Å². The number of pyridine rings is 1. The number of piperazine rings is 1. The summed E-state index contributed by atoms with van der Waals surface area (Å²) in [6.45, 7) is 6.48. The lowest BCUT2D eigenvalue weighted by molar-refractivity contribution is -0.130. The van der Waals surface area contributed by atoms with E-state index in [9.17, 15) is 9.59 Å². The fraction of sp³-hybridized carbons (Fsp3) is 0.292. The van der Waals surface area contributed by atoms with Gasteiger partial charge >= 0.3 is 5.63 Å². The molecule has 1 aliphatic rings. The number of rotatable bonds is 3. The molecule has 7 nitrogen and oxygen atoms in total. The Morgan fingerprint density at radius 2 is 1.87 bits per heavy atom. The summed E-state index contributed by atoms with van der Waals surface area (Å²) in [6.07, 6.45) is 3.50. The van der Waals surface area contributed by atoms with Crippen molar-refractivity contribution in [1.82, 2.24) is 9.88 Å². The highest BCUT2D eigenvalue weighted by Gasteiger charge is 2.24. The van der Waals surface area contributed by atoms with Crippen molar-refractivity contribution in [2.24, 2.45) is 0 Å². The Bertz CT molecular complexity index is 1330. The second-order valence-corrected chi connectivity index (χ2v) is 7.99. The van der Waals surface area contributed by atoms with Crippen molar-refractivity contribution in [3.63, 3.8) is 0 Å². The van der Waals surface area contributed by atoms with Crippen LogP contribution in [0.5, 0.6) is 0 Å². The molecule has 1 amide bonds. The van der Waals surface area contributed by atoms with Gasteiger partial charge in [-0.2, -0.15) is 0 Å². The number of hydrogen-bond acceptors (Lipinski definition) is 6. The molecule has 0 aliphatic carbocycles. The number of benzene rings is 1. The van der Waals surface area contributed by atoms with Crippen LogP contribution < -0.4 is 10.5 Å². The standard InChI is InChI=1S/C24H23N3O4/c1-15-14-30-20-13-21-18(11-17(15)20)16(2)19(24(29)31-21)12-23(28)27-9-7-26(8-10-27)22-5-3-4-6-25-22/h3-6,11,13-14H,7-10,12H2,1-2H3. The number of carbonyl (C=O) groups is 1. The Morgan fingerprint density at radius 1 is 1.06 bits per heavy atom. The first-order valence-corrected chi connectivity index (χ1v) is 10.4. The topological polar surface area (TPSA) is 79.8 Å². The first-order valence-electron chi connectivity index (χ1n) is 10.4.